The molecular formula is C30H61Cl2OPS. The first-order chi connectivity index (χ1) is 17.1. The van der Waals surface area contributed by atoms with Gasteiger partial charge in [0, 0.05) is 0 Å². The molecule has 0 fully saturated rings. The fourth-order valence-electron chi connectivity index (χ4n) is 4.94. The van der Waals surface area contributed by atoms with E-state index in [0.29, 0.717) is 6.61 Å². The van der Waals surface area contributed by atoms with Crippen molar-refractivity contribution < 1.29 is 4.52 Å². The number of hydrogen-bond donors (Lipinski definition) is 0. The quantitative estimate of drug-likeness (QED) is 0.0626. The van der Waals surface area contributed by atoms with Crippen LogP contribution in [0.3, 0.4) is 0 Å². The Kier molecular flexibility index (Phi) is 30.8. The molecule has 0 heterocycles. The average molecular weight is 572 g/mol. The van der Waals surface area contributed by atoms with Crippen LogP contribution in [0, 0.1) is 0 Å². The molecular weight excluding hydrogens is 510 g/mol. The van der Waals surface area contributed by atoms with Gasteiger partial charge in [-0.3, -0.25) is 0 Å². The first-order valence-corrected chi connectivity index (χ1v) is 20.2. The average Bonchev–Trinajstić information content (AvgIpc) is 2.82. The van der Waals surface area contributed by atoms with E-state index in [9.17, 15) is 0 Å². The van der Waals surface area contributed by atoms with Gasteiger partial charge in [0.15, 0.2) is 0 Å². The van der Waals surface area contributed by atoms with Crippen LogP contribution in [-0.2, 0) is 16.3 Å². The summed E-state index contributed by atoms with van der Waals surface area (Å²) in [7, 11) is 0. The largest absolute Gasteiger partial charge is 0.327 e. The van der Waals surface area contributed by atoms with Gasteiger partial charge in [-0.05, 0) is 40.7 Å². The summed E-state index contributed by atoms with van der Waals surface area (Å²) in [5, 5.41) is 0. The summed E-state index contributed by atoms with van der Waals surface area (Å²) in [4.78, 5) is -2.49. The van der Waals surface area contributed by atoms with Crippen LogP contribution in [0.15, 0.2) is 0 Å². The van der Waals surface area contributed by atoms with E-state index >= 15 is 0 Å². The summed E-state index contributed by atoms with van der Waals surface area (Å²) in [5.74, 6) is 0. The Morgan fingerprint density at radius 2 is 0.600 bits per heavy atom. The third kappa shape index (κ3) is 35.2. The lowest BCUT2D eigenvalue weighted by Crippen LogP contribution is -1.88. The molecule has 0 unspecified atom stereocenters. The fourth-order valence-corrected chi connectivity index (χ4v) is 5.92. The summed E-state index contributed by atoms with van der Waals surface area (Å²) < 4.78 is 5.25. The van der Waals surface area contributed by atoms with E-state index in [1.165, 1.54) is 173 Å². The van der Waals surface area contributed by atoms with E-state index in [-0.39, 0.29) is 0 Å². The molecule has 0 amide bonds. The third-order valence-corrected chi connectivity index (χ3v) is 8.62. The standard InChI is InChI=1S/C30H61Cl2OPS/c1-2-3-4-5-6-7-8-9-10-11-12-13-14-15-16-17-18-19-20-21-22-23-24-25-26-27-28-29-30-33-34(31,32)35/h2-30H2,1H3. The van der Waals surface area contributed by atoms with E-state index < -0.39 is 4.97 Å². The van der Waals surface area contributed by atoms with Crippen molar-refractivity contribution in [2.45, 2.75) is 187 Å². The Balaban J connectivity index is 3.04. The molecule has 0 saturated carbocycles. The van der Waals surface area contributed by atoms with Gasteiger partial charge in [-0.1, -0.05) is 180 Å². The number of unbranched alkanes of at least 4 members (excludes halogenated alkanes) is 27. The second kappa shape index (κ2) is 29.7. The van der Waals surface area contributed by atoms with Gasteiger partial charge < -0.3 is 4.52 Å². The SMILES string of the molecule is CCCCCCCCCCCCCCCCCCCCCCCCCCCCCCOP(=S)(Cl)Cl. The zero-order valence-electron chi connectivity index (χ0n) is 23.5. The highest BCUT2D eigenvalue weighted by Gasteiger charge is 2.07. The van der Waals surface area contributed by atoms with Gasteiger partial charge in [0.2, 0.25) is 4.97 Å². The van der Waals surface area contributed by atoms with E-state index in [2.05, 4.69) is 6.92 Å². The summed E-state index contributed by atoms with van der Waals surface area (Å²) in [5.41, 5.74) is 0. The van der Waals surface area contributed by atoms with Crippen LogP contribution in [0.5, 0.6) is 0 Å². The van der Waals surface area contributed by atoms with Crippen molar-refractivity contribution in [2.75, 3.05) is 6.61 Å². The number of hydrogen-bond acceptors (Lipinski definition) is 2. The molecule has 212 valence electrons. The summed E-state index contributed by atoms with van der Waals surface area (Å²) >= 11 is 16.3. The van der Waals surface area contributed by atoms with Crippen molar-refractivity contribution in [1.29, 1.82) is 0 Å². The van der Waals surface area contributed by atoms with Crippen LogP contribution in [0.1, 0.15) is 187 Å². The number of rotatable bonds is 30. The number of halogens is 2. The molecule has 5 heteroatoms. The fraction of sp³-hybridized carbons (Fsp3) is 1.00. The maximum atomic E-state index is 5.72. The highest BCUT2D eigenvalue weighted by Crippen LogP contribution is 2.58. The van der Waals surface area contributed by atoms with Crippen LogP contribution in [0.25, 0.3) is 0 Å². The first kappa shape index (κ1) is 36.2. The second-order valence-electron chi connectivity index (χ2n) is 10.8. The predicted octanol–water partition coefficient (Wildman–Crippen LogP) is 13.6. The normalized spacial score (nSPS) is 12.0. The van der Waals surface area contributed by atoms with Crippen LogP contribution in [-0.4, -0.2) is 6.61 Å². The minimum Gasteiger partial charge on any atom is -0.327 e. The highest BCUT2D eigenvalue weighted by molar-refractivity contribution is 8.36. The van der Waals surface area contributed by atoms with E-state index in [0.717, 1.165) is 6.42 Å². The Morgan fingerprint density at radius 3 is 0.800 bits per heavy atom. The summed E-state index contributed by atoms with van der Waals surface area (Å²) in [6.45, 7) is 2.92. The van der Waals surface area contributed by atoms with Crippen LogP contribution >= 0.6 is 27.5 Å². The molecule has 0 aliphatic rings. The van der Waals surface area contributed by atoms with Gasteiger partial charge in [-0.25, -0.2) is 0 Å². The predicted molar refractivity (Wildman–Crippen MR) is 167 cm³/mol. The monoisotopic (exact) mass is 570 g/mol. The maximum absolute atomic E-state index is 5.72. The van der Waals surface area contributed by atoms with Crippen molar-refractivity contribution in [2.24, 2.45) is 0 Å². The van der Waals surface area contributed by atoms with Crippen LogP contribution in [0.4, 0.5) is 0 Å². The topological polar surface area (TPSA) is 9.23 Å². The van der Waals surface area contributed by atoms with Crippen LogP contribution < -0.4 is 0 Å². The lowest BCUT2D eigenvalue weighted by atomic mass is 10.0. The Hall–Kier alpha value is 1.19. The second-order valence-corrected chi connectivity index (χ2v) is 18.0. The van der Waals surface area contributed by atoms with E-state index in [1.807, 2.05) is 0 Å². The molecule has 0 N–H and O–H groups in total. The molecule has 0 aromatic rings. The molecule has 0 saturated heterocycles. The van der Waals surface area contributed by atoms with Gasteiger partial charge in [-0.2, -0.15) is 0 Å². The maximum Gasteiger partial charge on any atom is 0.240 e. The van der Waals surface area contributed by atoms with Crippen molar-refractivity contribution >= 4 is 39.3 Å². The van der Waals surface area contributed by atoms with Crippen LogP contribution in [0.2, 0.25) is 0 Å². The molecule has 0 aromatic carbocycles. The Bertz CT molecular complexity index is 444. The lowest BCUT2D eigenvalue weighted by molar-refractivity contribution is 0.346. The third-order valence-electron chi connectivity index (χ3n) is 7.24. The molecule has 0 aromatic heterocycles. The molecule has 0 bridgehead atoms. The van der Waals surface area contributed by atoms with Gasteiger partial charge >= 0.3 is 0 Å². The first-order valence-electron chi connectivity index (χ1n) is 15.7. The van der Waals surface area contributed by atoms with E-state index in [4.69, 9.17) is 38.8 Å². The van der Waals surface area contributed by atoms with Crippen molar-refractivity contribution in [3.63, 3.8) is 0 Å². The van der Waals surface area contributed by atoms with Gasteiger partial charge in [0.05, 0.1) is 6.61 Å². The Labute approximate surface area is 236 Å². The Morgan fingerprint density at radius 1 is 0.400 bits per heavy atom. The zero-order valence-corrected chi connectivity index (χ0v) is 26.7. The highest BCUT2D eigenvalue weighted by atomic mass is 35.9. The molecule has 1 nitrogen and oxygen atoms in total. The lowest BCUT2D eigenvalue weighted by Gasteiger charge is -2.06. The molecule has 0 aliphatic heterocycles. The summed E-state index contributed by atoms with van der Waals surface area (Å²) in [6.07, 6.45) is 39.7. The van der Waals surface area contributed by atoms with Crippen molar-refractivity contribution in [1.82, 2.24) is 0 Å². The molecule has 0 radical (unpaired) electrons. The minimum absolute atomic E-state index is 0.615. The van der Waals surface area contributed by atoms with Gasteiger partial charge in [0.1, 0.15) is 0 Å². The van der Waals surface area contributed by atoms with Crippen molar-refractivity contribution in [3.05, 3.63) is 0 Å². The van der Waals surface area contributed by atoms with Crippen molar-refractivity contribution in [3.8, 4) is 0 Å². The minimum atomic E-state index is -2.49. The van der Waals surface area contributed by atoms with Gasteiger partial charge in [0.25, 0.3) is 0 Å². The zero-order chi connectivity index (χ0) is 25.7. The molecule has 0 rings (SSSR count). The molecule has 0 aliphatic carbocycles. The van der Waals surface area contributed by atoms with Gasteiger partial charge in [-0.15, -0.1) is 0 Å². The smallest absolute Gasteiger partial charge is 0.240 e. The molecule has 35 heavy (non-hydrogen) atoms. The molecule has 0 spiro atoms. The summed E-state index contributed by atoms with van der Waals surface area (Å²) in [6, 6.07) is 0. The molecule has 0 atom stereocenters. The van der Waals surface area contributed by atoms with E-state index in [1.54, 1.807) is 0 Å².